The van der Waals surface area contributed by atoms with Crippen molar-refractivity contribution >= 4 is 5.91 Å². The highest BCUT2D eigenvalue weighted by molar-refractivity contribution is 5.71. The molecule has 2 rings (SSSR count). The van der Waals surface area contributed by atoms with Crippen LogP contribution in [0.15, 0.2) is 23.0 Å². The number of ether oxygens (including phenoxy) is 1. The number of methoxy groups -OCH3 is 1. The molecule has 1 heterocycles. The fraction of sp³-hybridized carbons (Fsp3) is 0.333. The maximum Gasteiger partial charge on any atom is 0.368 e. The molecule has 9 heteroatoms. The lowest BCUT2D eigenvalue weighted by molar-refractivity contribution is -0.132. The van der Waals surface area contributed by atoms with Gasteiger partial charge in [0.05, 0.1) is 12.8 Å². The first kappa shape index (κ1) is 14.7. The lowest BCUT2D eigenvalue weighted by Gasteiger charge is -2.12. The zero-order chi connectivity index (χ0) is 15.4. The number of nitrogens with one attached hydrogen (secondary N) is 1. The van der Waals surface area contributed by atoms with Crippen molar-refractivity contribution in [3.8, 4) is 11.4 Å². The predicted octanol–water partition coefficient (Wildman–Crippen LogP) is -0.458. The summed E-state index contributed by atoms with van der Waals surface area (Å²) in [6, 6.07) is 5.12. The number of hydrogen-bond donors (Lipinski definition) is 1. The van der Waals surface area contributed by atoms with Crippen LogP contribution in [-0.4, -0.2) is 32.8 Å². The summed E-state index contributed by atoms with van der Waals surface area (Å²) in [4.78, 5) is 27.9. The third-order valence-corrected chi connectivity index (χ3v) is 2.71. The van der Waals surface area contributed by atoms with E-state index in [1.54, 1.807) is 18.2 Å². The second kappa shape index (κ2) is 6.18. The van der Waals surface area contributed by atoms with Crippen LogP contribution >= 0.6 is 0 Å². The highest BCUT2D eigenvalue weighted by Crippen LogP contribution is 2.24. The van der Waals surface area contributed by atoms with Crippen molar-refractivity contribution in [1.29, 1.82) is 0 Å². The van der Waals surface area contributed by atoms with Crippen molar-refractivity contribution in [2.45, 2.75) is 13.5 Å². The molecule has 0 bridgehead atoms. The van der Waals surface area contributed by atoms with Gasteiger partial charge in [0.15, 0.2) is 0 Å². The second-order valence-corrected chi connectivity index (χ2v) is 4.20. The average Bonchev–Trinajstić information content (AvgIpc) is 2.79. The molecule has 21 heavy (non-hydrogen) atoms. The van der Waals surface area contributed by atoms with Crippen molar-refractivity contribution in [2.24, 2.45) is 7.05 Å². The normalized spacial score (nSPS) is 10.4. The van der Waals surface area contributed by atoms with Crippen LogP contribution in [0.1, 0.15) is 12.5 Å². The van der Waals surface area contributed by atoms with Crippen LogP contribution in [0, 0.1) is 0 Å². The van der Waals surface area contributed by atoms with Crippen LogP contribution in [0.3, 0.4) is 0 Å². The topological polar surface area (TPSA) is 100 Å². The number of rotatable bonds is 5. The Morgan fingerprint density at radius 3 is 2.71 bits per heavy atom. The zero-order valence-electron chi connectivity index (χ0n) is 11.9. The first-order chi connectivity index (χ1) is 10.0. The van der Waals surface area contributed by atoms with Crippen LogP contribution in [0.2, 0.25) is 0 Å². The number of amides is 1. The number of tetrazole rings is 1. The minimum atomic E-state index is -0.399. The molecule has 0 saturated heterocycles. The molecular weight excluding hydrogens is 278 g/mol. The van der Waals surface area contributed by atoms with E-state index in [0.717, 1.165) is 9.36 Å². The highest BCUT2D eigenvalue weighted by atomic mass is 16.7. The molecule has 0 atom stereocenters. The van der Waals surface area contributed by atoms with Gasteiger partial charge in [-0.25, -0.2) is 10.3 Å². The summed E-state index contributed by atoms with van der Waals surface area (Å²) in [5, 5.41) is 7.45. The highest BCUT2D eigenvalue weighted by Gasteiger charge is 2.15. The van der Waals surface area contributed by atoms with E-state index in [0.29, 0.717) is 17.0 Å². The Kier molecular flexibility index (Phi) is 4.33. The molecule has 0 saturated carbocycles. The van der Waals surface area contributed by atoms with E-state index >= 15 is 0 Å². The molecule has 1 aromatic carbocycles. The fourth-order valence-corrected chi connectivity index (χ4v) is 1.76. The van der Waals surface area contributed by atoms with Crippen LogP contribution in [-0.2, 0) is 23.3 Å². The molecule has 0 unspecified atom stereocenters. The van der Waals surface area contributed by atoms with Gasteiger partial charge in [-0.2, -0.15) is 9.36 Å². The lowest BCUT2D eigenvalue weighted by atomic mass is 10.1. The smallest absolute Gasteiger partial charge is 0.368 e. The van der Waals surface area contributed by atoms with E-state index < -0.39 is 5.69 Å². The van der Waals surface area contributed by atoms with E-state index in [-0.39, 0.29) is 12.5 Å². The quantitative estimate of drug-likeness (QED) is 0.749. The molecule has 0 aliphatic carbocycles. The van der Waals surface area contributed by atoms with Crippen molar-refractivity contribution < 1.29 is 14.4 Å². The Balaban J connectivity index is 2.43. The Labute approximate surface area is 120 Å². The van der Waals surface area contributed by atoms with Gasteiger partial charge < -0.3 is 4.74 Å². The standard InChI is InChI=1S/C12H15N5O4/c1-8(18)13-21-7-9-10(5-4-6-11(9)20-3)17-12(19)16(2)14-15-17/h4-6H,7H2,1-3H3,(H,13,18). The van der Waals surface area contributed by atoms with E-state index in [2.05, 4.69) is 15.9 Å². The summed E-state index contributed by atoms with van der Waals surface area (Å²) in [5.74, 6) is 0.179. The van der Waals surface area contributed by atoms with Crippen LogP contribution < -0.4 is 15.9 Å². The fourth-order valence-electron chi connectivity index (χ4n) is 1.76. The first-order valence-electron chi connectivity index (χ1n) is 6.08. The van der Waals surface area contributed by atoms with Gasteiger partial charge >= 0.3 is 5.69 Å². The van der Waals surface area contributed by atoms with E-state index in [1.807, 2.05) is 0 Å². The van der Waals surface area contributed by atoms with Crippen molar-refractivity contribution in [2.75, 3.05) is 7.11 Å². The minimum Gasteiger partial charge on any atom is -0.496 e. The number of carbonyl (C=O) groups excluding carboxylic acids is 1. The number of hydrogen-bond acceptors (Lipinski definition) is 6. The predicted molar refractivity (Wildman–Crippen MR) is 71.8 cm³/mol. The van der Waals surface area contributed by atoms with Gasteiger partial charge in [-0.1, -0.05) is 6.07 Å². The van der Waals surface area contributed by atoms with Gasteiger partial charge in [0.1, 0.15) is 12.4 Å². The molecule has 0 aliphatic heterocycles. The maximum absolute atomic E-state index is 12.0. The summed E-state index contributed by atoms with van der Waals surface area (Å²) in [6.45, 7) is 1.35. The van der Waals surface area contributed by atoms with Gasteiger partial charge in [-0.15, -0.1) is 0 Å². The molecule has 9 nitrogen and oxygen atoms in total. The molecule has 0 aliphatic rings. The Bertz CT molecular complexity index is 706. The monoisotopic (exact) mass is 293 g/mol. The summed E-state index contributed by atoms with van der Waals surface area (Å²) in [6.07, 6.45) is 0. The van der Waals surface area contributed by atoms with E-state index in [9.17, 15) is 9.59 Å². The molecule has 1 N–H and O–H groups in total. The molecule has 0 fully saturated rings. The van der Waals surface area contributed by atoms with Gasteiger partial charge in [0.25, 0.3) is 0 Å². The number of aromatic nitrogens is 4. The number of carbonyl (C=O) groups is 1. The van der Waals surface area contributed by atoms with Crippen LogP contribution in [0.25, 0.3) is 5.69 Å². The van der Waals surface area contributed by atoms with Crippen molar-refractivity contribution in [3.05, 3.63) is 34.2 Å². The third kappa shape index (κ3) is 3.08. The van der Waals surface area contributed by atoms with Gasteiger partial charge in [0.2, 0.25) is 5.91 Å². The summed E-state index contributed by atoms with van der Waals surface area (Å²) in [5.41, 5.74) is 2.86. The van der Waals surface area contributed by atoms with Crippen molar-refractivity contribution in [1.82, 2.24) is 25.3 Å². The molecule has 112 valence electrons. The first-order valence-corrected chi connectivity index (χ1v) is 6.08. The summed E-state index contributed by atoms with van der Waals surface area (Å²) < 4.78 is 7.49. The Morgan fingerprint density at radius 2 is 2.14 bits per heavy atom. The molecule has 2 aromatic rings. The second-order valence-electron chi connectivity index (χ2n) is 4.20. The number of benzene rings is 1. The summed E-state index contributed by atoms with van der Waals surface area (Å²) >= 11 is 0. The third-order valence-electron chi connectivity index (χ3n) is 2.71. The lowest BCUT2D eigenvalue weighted by Crippen LogP contribution is -2.24. The molecule has 1 aromatic heterocycles. The number of aryl methyl sites for hydroxylation is 1. The molecular formula is C12H15N5O4. The molecule has 0 radical (unpaired) electrons. The van der Waals surface area contributed by atoms with Crippen molar-refractivity contribution in [3.63, 3.8) is 0 Å². The number of hydroxylamine groups is 1. The van der Waals surface area contributed by atoms with Crippen LogP contribution in [0.5, 0.6) is 5.75 Å². The minimum absolute atomic E-state index is 0.0158. The largest absolute Gasteiger partial charge is 0.496 e. The van der Waals surface area contributed by atoms with Crippen LogP contribution in [0.4, 0.5) is 0 Å². The molecule has 1 amide bonds. The van der Waals surface area contributed by atoms with E-state index in [1.165, 1.54) is 21.1 Å². The maximum atomic E-state index is 12.0. The molecule has 0 spiro atoms. The van der Waals surface area contributed by atoms with Gasteiger partial charge in [-0.05, 0) is 22.6 Å². The van der Waals surface area contributed by atoms with E-state index in [4.69, 9.17) is 9.57 Å². The zero-order valence-corrected chi connectivity index (χ0v) is 11.9. The average molecular weight is 293 g/mol. The van der Waals surface area contributed by atoms with Gasteiger partial charge in [-0.3, -0.25) is 9.63 Å². The van der Waals surface area contributed by atoms with Gasteiger partial charge in [0, 0.05) is 19.5 Å². The SMILES string of the molecule is COc1cccc(-n2nnn(C)c2=O)c1CONC(C)=O. The Hall–Kier alpha value is -2.68. The Morgan fingerprint density at radius 1 is 1.38 bits per heavy atom. The summed E-state index contributed by atoms with van der Waals surface area (Å²) in [7, 11) is 3.00. The number of nitrogens with zero attached hydrogens (tertiary/aromatic N) is 4.